The molecule has 0 aromatic rings. The van der Waals surface area contributed by atoms with Gasteiger partial charge in [0.2, 0.25) is 17.7 Å². The Balaban J connectivity index is 4.89. The number of halogens is 2. The maximum Gasteiger partial charge on any atom is 0.342 e. The first-order valence-corrected chi connectivity index (χ1v) is 4.27. The summed E-state index contributed by atoms with van der Waals surface area (Å²) >= 11 is 0. The minimum atomic E-state index is -2.81. The lowest BCUT2D eigenvalue weighted by Crippen LogP contribution is -2.31. The number of alkyl halides is 2. The van der Waals surface area contributed by atoms with E-state index in [1.807, 2.05) is 0 Å². The number of carboxylic acids is 1. The molecule has 7 heteroatoms. The van der Waals surface area contributed by atoms with Gasteiger partial charge in [-0.2, -0.15) is 0 Å². The van der Waals surface area contributed by atoms with Crippen molar-refractivity contribution in [3.63, 3.8) is 0 Å². The number of ketones is 2. The summed E-state index contributed by atoms with van der Waals surface area (Å²) in [7, 11) is 0. The fourth-order valence-corrected chi connectivity index (χ4v) is 0.731. The van der Waals surface area contributed by atoms with Crippen LogP contribution in [0.1, 0.15) is 6.92 Å². The van der Waals surface area contributed by atoms with Gasteiger partial charge in [0.05, 0.1) is 6.61 Å². The zero-order valence-electron chi connectivity index (χ0n) is 8.41. The summed E-state index contributed by atoms with van der Waals surface area (Å²) in [6.45, 7) is -0.0907. The van der Waals surface area contributed by atoms with Crippen LogP contribution in [0.25, 0.3) is 0 Å². The Hall–Kier alpha value is -1.79. The van der Waals surface area contributed by atoms with E-state index in [9.17, 15) is 23.2 Å². The van der Waals surface area contributed by atoms with Crippen LogP contribution >= 0.6 is 0 Å². The standard InChI is InChI=1S/C9H10F2O5/c1-2-16-4-5(9(14)15)8(13)7(11)6(12)3-10/h4,7H,2-3H2,1H3,(H,14,15). The normalized spacial score (nSPS) is 13.1. The van der Waals surface area contributed by atoms with E-state index >= 15 is 0 Å². The molecule has 16 heavy (non-hydrogen) atoms. The van der Waals surface area contributed by atoms with Gasteiger partial charge in [0.15, 0.2) is 6.67 Å². The van der Waals surface area contributed by atoms with Crippen molar-refractivity contribution in [1.82, 2.24) is 0 Å². The van der Waals surface area contributed by atoms with Crippen molar-refractivity contribution in [2.24, 2.45) is 0 Å². The molecule has 0 heterocycles. The van der Waals surface area contributed by atoms with Crippen molar-refractivity contribution >= 4 is 17.5 Å². The third kappa shape index (κ3) is 3.76. The minimum absolute atomic E-state index is 0.0675. The van der Waals surface area contributed by atoms with Crippen LogP contribution in [0.15, 0.2) is 11.8 Å². The van der Waals surface area contributed by atoms with Gasteiger partial charge < -0.3 is 9.84 Å². The molecule has 1 N–H and O–H groups in total. The molecule has 0 aliphatic heterocycles. The minimum Gasteiger partial charge on any atom is -0.500 e. The van der Waals surface area contributed by atoms with E-state index in [4.69, 9.17) is 5.11 Å². The van der Waals surface area contributed by atoms with Crippen molar-refractivity contribution in [2.75, 3.05) is 13.3 Å². The van der Waals surface area contributed by atoms with Crippen LogP contribution in [0, 0.1) is 0 Å². The number of ether oxygens (including phenoxy) is 1. The van der Waals surface area contributed by atoms with Gasteiger partial charge in [0, 0.05) is 0 Å². The van der Waals surface area contributed by atoms with Gasteiger partial charge in [0.1, 0.15) is 11.8 Å². The summed E-state index contributed by atoms with van der Waals surface area (Å²) in [6.07, 6.45) is -2.28. The molecule has 0 radical (unpaired) electrons. The molecule has 0 aliphatic rings. The highest BCUT2D eigenvalue weighted by molar-refractivity contribution is 6.24. The first-order chi connectivity index (χ1) is 7.45. The molecule has 0 saturated heterocycles. The quantitative estimate of drug-likeness (QED) is 0.300. The summed E-state index contributed by atoms with van der Waals surface area (Å²) in [4.78, 5) is 32.1. The van der Waals surface area contributed by atoms with Crippen molar-refractivity contribution < 1.29 is 33.0 Å². The van der Waals surface area contributed by atoms with Crippen LogP contribution in [0.4, 0.5) is 8.78 Å². The molecule has 1 atom stereocenters. The number of carbonyl (C=O) groups is 3. The molecule has 5 nitrogen and oxygen atoms in total. The Kier molecular flexibility index (Phi) is 5.91. The zero-order chi connectivity index (χ0) is 12.7. The maximum atomic E-state index is 12.9. The molecular formula is C9H10F2O5. The van der Waals surface area contributed by atoms with Gasteiger partial charge in [-0.3, -0.25) is 9.59 Å². The largest absolute Gasteiger partial charge is 0.500 e. The predicted molar refractivity (Wildman–Crippen MR) is 48.2 cm³/mol. The molecule has 0 amide bonds. The van der Waals surface area contributed by atoms with Crippen molar-refractivity contribution in [2.45, 2.75) is 13.1 Å². The van der Waals surface area contributed by atoms with Gasteiger partial charge in [-0.25, -0.2) is 13.6 Å². The Morgan fingerprint density at radius 2 is 2.00 bits per heavy atom. The van der Waals surface area contributed by atoms with Crippen LogP contribution in [-0.2, 0) is 19.1 Å². The molecule has 0 aromatic carbocycles. The third-order valence-corrected chi connectivity index (χ3v) is 1.51. The fourth-order valence-electron chi connectivity index (χ4n) is 0.731. The van der Waals surface area contributed by atoms with Crippen molar-refractivity contribution in [1.29, 1.82) is 0 Å². The second-order valence-corrected chi connectivity index (χ2v) is 2.62. The molecule has 0 bridgehead atoms. The average molecular weight is 236 g/mol. The number of hydrogen-bond acceptors (Lipinski definition) is 4. The maximum absolute atomic E-state index is 12.9. The Labute approximate surface area is 89.7 Å². The highest BCUT2D eigenvalue weighted by Crippen LogP contribution is 2.07. The lowest BCUT2D eigenvalue weighted by Gasteiger charge is -2.04. The molecule has 0 fully saturated rings. The molecule has 0 spiro atoms. The van der Waals surface area contributed by atoms with Crippen molar-refractivity contribution in [3.8, 4) is 0 Å². The van der Waals surface area contributed by atoms with E-state index in [0.29, 0.717) is 6.26 Å². The van der Waals surface area contributed by atoms with Gasteiger partial charge >= 0.3 is 5.97 Å². The van der Waals surface area contributed by atoms with Crippen LogP contribution in [0.5, 0.6) is 0 Å². The third-order valence-electron chi connectivity index (χ3n) is 1.51. The van der Waals surface area contributed by atoms with Crippen LogP contribution < -0.4 is 0 Å². The molecule has 0 aliphatic carbocycles. The number of rotatable bonds is 7. The fraction of sp³-hybridized carbons (Fsp3) is 0.444. The molecule has 0 rings (SSSR count). The summed E-state index contributed by atoms with van der Waals surface area (Å²) in [5, 5.41) is 8.53. The topological polar surface area (TPSA) is 80.7 Å². The summed E-state index contributed by atoms with van der Waals surface area (Å²) < 4.78 is 29.2. The number of aliphatic carboxylic acids is 1. The Bertz CT molecular complexity index is 324. The van der Waals surface area contributed by atoms with Crippen LogP contribution in [0.3, 0.4) is 0 Å². The van der Waals surface area contributed by atoms with Gasteiger partial charge in [-0.05, 0) is 6.92 Å². The SMILES string of the molecule is CCOC=C(C(=O)O)C(=O)C(F)C(=O)CF. The number of Topliss-reactive ketones (excluding diaryl/α,β-unsaturated/α-hetero) is 2. The first-order valence-electron chi connectivity index (χ1n) is 4.27. The summed E-state index contributed by atoms with van der Waals surface area (Å²) in [5.41, 5.74) is -1.03. The number of hydrogen-bond donors (Lipinski definition) is 1. The lowest BCUT2D eigenvalue weighted by atomic mass is 10.1. The summed E-state index contributed by atoms with van der Waals surface area (Å²) in [6, 6.07) is 0. The van der Waals surface area contributed by atoms with Crippen LogP contribution in [0.2, 0.25) is 0 Å². The van der Waals surface area contributed by atoms with Crippen LogP contribution in [-0.4, -0.2) is 42.1 Å². The van der Waals surface area contributed by atoms with Gasteiger partial charge in [0.25, 0.3) is 0 Å². The zero-order valence-corrected chi connectivity index (χ0v) is 8.41. The summed E-state index contributed by atoms with van der Waals surface area (Å²) in [5.74, 6) is -4.98. The Morgan fingerprint density at radius 3 is 2.38 bits per heavy atom. The predicted octanol–water partition coefficient (Wildman–Crippen LogP) is 0.437. The van der Waals surface area contributed by atoms with Crippen molar-refractivity contribution in [3.05, 3.63) is 11.8 Å². The van der Waals surface area contributed by atoms with E-state index in [-0.39, 0.29) is 6.61 Å². The van der Waals surface area contributed by atoms with E-state index in [1.54, 1.807) is 0 Å². The van der Waals surface area contributed by atoms with Gasteiger partial charge in [-0.15, -0.1) is 0 Å². The monoisotopic (exact) mass is 236 g/mol. The van der Waals surface area contributed by atoms with E-state index in [2.05, 4.69) is 4.74 Å². The van der Waals surface area contributed by atoms with E-state index < -0.39 is 36.0 Å². The highest BCUT2D eigenvalue weighted by atomic mass is 19.1. The van der Waals surface area contributed by atoms with E-state index in [1.165, 1.54) is 6.92 Å². The van der Waals surface area contributed by atoms with E-state index in [0.717, 1.165) is 0 Å². The second-order valence-electron chi connectivity index (χ2n) is 2.62. The molecular weight excluding hydrogens is 226 g/mol. The Morgan fingerprint density at radius 1 is 1.44 bits per heavy atom. The first kappa shape index (κ1) is 14.2. The number of carboxylic acid groups (broad SMARTS) is 1. The average Bonchev–Trinajstić information content (AvgIpc) is 2.26. The molecule has 1 unspecified atom stereocenters. The smallest absolute Gasteiger partial charge is 0.342 e. The lowest BCUT2D eigenvalue weighted by molar-refractivity contribution is -0.137. The number of carbonyl (C=O) groups excluding carboxylic acids is 2. The molecule has 0 aromatic heterocycles. The molecule has 0 saturated carbocycles. The highest BCUT2D eigenvalue weighted by Gasteiger charge is 2.32. The second kappa shape index (κ2) is 6.65. The molecule has 90 valence electrons. The van der Waals surface area contributed by atoms with Gasteiger partial charge in [-0.1, -0.05) is 0 Å².